The molecule has 0 aliphatic heterocycles. The molecule has 0 bridgehead atoms. The maximum absolute atomic E-state index is 13.2. The minimum atomic E-state index is -2.68. The fourth-order valence-corrected chi connectivity index (χ4v) is 3.82. The molecule has 1 aliphatic rings. The topological polar surface area (TPSA) is 92.0 Å². The third kappa shape index (κ3) is 4.43. The van der Waals surface area contributed by atoms with E-state index >= 15 is 0 Å². The number of carbonyl (C=O) groups is 1. The summed E-state index contributed by atoms with van der Waals surface area (Å²) in [5, 5.41) is 12.6. The molecule has 3 heterocycles. The first-order valence-corrected chi connectivity index (χ1v) is 10.3. The third-order valence-electron chi connectivity index (χ3n) is 5.81. The van der Waals surface area contributed by atoms with E-state index in [1.165, 1.54) is 12.4 Å². The maximum Gasteiger partial charge on any atom is 0.319 e. The number of furan rings is 1. The normalized spacial score (nSPS) is 13.7. The second kappa shape index (κ2) is 8.96. The number of nitrogens with zero attached hydrogens (tertiary/aromatic N) is 5. The number of amides is 1. The Labute approximate surface area is 184 Å². The van der Waals surface area contributed by atoms with Crippen molar-refractivity contribution in [2.75, 3.05) is 11.9 Å². The summed E-state index contributed by atoms with van der Waals surface area (Å²) >= 11 is 0. The van der Waals surface area contributed by atoms with Crippen LogP contribution in [0.3, 0.4) is 0 Å². The van der Waals surface area contributed by atoms with Gasteiger partial charge in [-0.1, -0.05) is 0 Å². The van der Waals surface area contributed by atoms with Gasteiger partial charge in [0.15, 0.2) is 0 Å². The smallest absolute Gasteiger partial charge is 0.319 e. The van der Waals surface area contributed by atoms with Crippen LogP contribution in [0.15, 0.2) is 35.2 Å². The summed E-state index contributed by atoms with van der Waals surface area (Å²) in [6.07, 6.45) is 5.94. The Kier molecular flexibility index (Phi) is 6.10. The highest BCUT2D eigenvalue weighted by Gasteiger charge is 2.32. The van der Waals surface area contributed by atoms with Gasteiger partial charge in [0.1, 0.15) is 23.5 Å². The number of nitriles is 1. The minimum Gasteiger partial charge on any atom is -0.467 e. The zero-order valence-corrected chi connectivity index (χ0v) is 17.9. The van der Waals surface area contributed by atoms with Crippen LogP contribution in [-0.4, -0.2) is 37.5 Å². The number of hydrogen-bond acceptors (Lipinski definition) is 5. The molecular formula is C22H24F2N6O2. The maximum atomic E-state index is 13.2. The van der Waals surface area contributed by atoms with Crippen LogP contribution in [0.5, 0.6) is 0 Å². The number of alkyl halides is 2. The summed E-state index contributed by atoms with van der Waals surface area (Å²) in [6, 6.07) is 5.93. The molecule has 1 N–H and O–H groups in total. The van der Waals surface area contributed by atoms with Gasteiger partial charge in [0.05, 0.1) is 31.5 Å². The molecule has 0 unspecified atom stereocenters. The van der Waals surface area contributed by atoms with Crippen LogP contribution in [0.25, 0.3) is 0 Å². The van der Waals surface area contributed by atoms with Crippen molar-refractivity contribution in [1.29, 1.82) is 5.26 Å². The van der Waals surface area contributed by atoms with E-state index in [0.29, 0.717) is 23.7 Å². The van der Waals surface area contributed by atoms with Gasteiger partial charge in [-0.15, -0.1) is 0 Å². The fourth-order valence-electron chi connectivity index (χ4n) is 3.82. The van der Waals surface area contributed by atoms with Crippen LogP contribution in [0.4, 0.5) is 14.6 Å². The van der Waals surface area contributed by atoms with E-state index in [9.17, 15) is 18.8 Å². The minimum absolute atomic E-state index is 0.00958. The largest absolute Gasteiger partial charge is 0.467 e. The predicted octanol–water partition coefficient (Wildman–Crippen LogP) is 3.81. The Morgan fingerprint density at radius 1 is 1.44 bits per heavy atom. The average molecular weight is 442 g/mol. The van der Waals surface area contributed by atoms with Gasteiger partial charge in [-0.2, -0.15) is 14.0 Å². The second-order valence-electron chi connectivity index (χ2n) is 7.92. The average Bonchev–Trinajstić information content (AvgIpc) is 3.19. The SMILES string of the molecule is Cc1c(C#N)c(NC(=O)CN(Cc2nccn2C(F)F)C2CC2)n(Cc2ccco2)c1C. The van der Waals surface area contributed by atoms with E-state index in [1.54, 1.807) is 12.3 Å². The number of nitrogens with one attached hydrogen (secondary N) is 1. The van der Waals surface area contributed by atoms with Gasteiger partial charge < -0.3 is 14.3 Å². The van der Waals surface area contributed by atoms with Crippen molar-refractivity contribution in [2.24, 2.45) is 0 Å². The van der Waals surface area contributed by atoms with Crippen LogP contribution < -0.4 is 5.32 Å². The number of halogens is 2. The molecule has 0 spiro atoms. The van der Waals surface area contributed by atoms with Gasteiger partial charge in [-0.05, 0) is 44.4 Å². The second-order valence-corrected chi connectivity index (χ2v) is 7.92. The van der Waals surface area contributed by atoms with Gasteiger partial charge in [0, 0.05) is 24.1 Å². The lowest BCUT2D eigenvalue weighted by molar-refractivity contribution is -0.117. The fraction of sp³-hybridized carbons (Fsp3) is 0.409. The van der Waals surface area contributed by atoms with Crippen LogP contribution >= 0.6 is 0 Å². The monoisotopic (exact) mass is 442 g/mol. The summed E-state index contributed by atoms with van der Waals surface area (Å²) < 4.78 is 34.5. The van der Waals surface area contributed by atoms with Crippen molar-refractivity contribution in [3.05, 3.63) is 59.2 Å². The van der Waals surface area contributed by atoms with Crippen LogP contribution in [-0.2, 0) is 17.9 Å². The standard InChI is InChI=1S/C22H24F2N6O2/c1-14-15(2)30(11-17-4-3-9-32-17)21(18(14)10-25)27-20(31)13-28(16-5-6-16)12-19-26-7-8-29(19)22(23)24/h3-4,7-9,16,22H,5-6,11-13H2,1-2H3,(H,27,31). The zero-order chi connectivity index (χ0) is 22.8. The molecule has 3 aromatic heterocycles. The highest BCUT2D eigenvalue weighted by atomic mass is 19.3. The molecule has 3 aromatic rings. The van der Waals surface area contributed by atoms with Gasteiger partial charge >= 0.3 is 6.55 Å². The molecular weight excluding hydrogens is 418 g/mol. The van der Waals surface area contributed by atoms with E-state index in [1.807, 2.05) is 29.4 Å². The van der Waals surface area contributed by atoms with Crippen molar-refractivity contribution in [3.63, 3.8) is 0 Å². The van der Waals surface area contributed by atoms with Crippen molar-refractivity contribution >= 4 is 11.7 Å². The molecule has 0 radical (unpaired) electrons. The first-order chi connectivity index (χ1) is 15.4. The molecule has 1 amide bonds. The molecule has 0 atom stereocenters. The van der Waals surface area contributed by atoms with Gasteiger partial charge in [-0.25, -0.2) is 4.98 Å². The molecule has 10 heteroatoms. The number of hydrogen-bond donors (Lipinski definition) is 1. The van der Waals surface area contributed by atoms with Crippen molar-refractivity contribution in [3.8, 4) is 6.07 Å². The van der Waals surface area contributed by atoms with Crippen molar-refractivity contribution in [1.82, 2.24) is 19.0 Å². The van der Waals surface area contributed by atoms with Gasteiger partial charge in [-0.3, -0.25) is 14.3 Å². The molecule has 1 fully saturated rings. The van der Waals surface area contributed by atoms with Crippen LogP contribution in [0.2, 0.25) is 0 Å². The Hall–Kier alpha value is -3.45. The summed E-state index contributed by atoms with van der Waals surface area (Å²) in [4.78, 5) is 18.8. The quantitative estimate of drug-likeness (QED) is 0.544. The predicted molar refractivity (Wildman–Crippen MR) is 112 cm³/mol. The summed E-state index contributed by atoms with van der Waals surface area (Å²) in [6.45, 7) is 1.56. The van der Waals surface area contributed by atoms with Gasteiger partial charge in [0.25, 0.3) is 0 Å². The molecule has 1 aliphatic carbocycles. The van der Waals surface area contributed by atoms with E-state index in [-0.39, 0.29) is 30.9 Å². The third-order valence-corrected chi connectivity index (χ3v) is 5.81. The highest BCUT2D eigenvalue weighted by Crippen LogP contribution is 2.30. The number of imidazole rings is 1. The molecule has 8 nitrogen and oxygen atoms in total. The number of rotatable bonds is 9. The van der Waals surface area contributed by atoms with Crippen LogP contribution in [0, 0.1) is 25.2 Å². The molecule has 168 valence electrons. The van der Waals surface area contributed by atoms with E-state index in [2.05, 4.69) is 16.4 Å². The summed E-state index contributed by atoms with van der Waals surface area (Å²) in [5.74, 6) is 1.00. The molecule has 1 saturated carbocycles. The Bertz CT molecular complexity index is 1140. The molecule has 0 aromatic carbocycles. The number of aromatic nitrogens is 3. The molecule has 32 heavy (non-hydrogen) atoms. The lowest BCUT2D eigenvalue weighted by Crippen LogP contribution is -2.36. The first kappa shape index (κ1) is 21.8. The van der Waals surface area contributed by atoms with E-state index < -0.39 is 6.55 Å². The molecule has 0 saturated heterocycles. The lowest BCUT2D eigenvalue weighted by Gasteiger charge is -2.22. The summed E-state index contributed by atoms with van der Waals surface area (Å²) in [5.41, 5.74) is 2.03. The van der Waals surface area contributed by atoms with E-state index in [0.717, 1.165) is 28.7 Å². The highest BCUT2D eigenvalue weighted by molar-refractivity contribution is 5.93. The van der Waals surface area contributed by atoms with Crippen LogP contribution in [0.1, 0.15) is 47.8 Å². The lowest BCUT2D eigenvalue weighted by atomic mass is 10.2. The summed E-state index contributed by atoms with van der Waals surface area (Å²) in [7, 11) is 0. The van der Waals surface area contributed by atoms with E-state index in [4.69, 9.17) is 4.42 Å². The van der Waals surface area contributed by atoms with Crippen molar-refractivity contribution < 1.29 is 18.0 Å². The first-order valence-electron chi connectivity index (χ1n) is 10.3. The number of anilines is 1. The Morgan fingerprint density at radius 3 is 2.84 bits per heavy atom. The van der Waals surface area contributed by atoms with Gasteiger partial charge in [0.2, 0.25) is 5.91 Å². The number of carbonyl (C=O) groups excluding carboxylic acids is 1. The van der Waals surface area contributed by atoms with Crippen molar-refractivity contribution in [2.45, 2.75) is 52.4 Å². The molecule has 4 rings (SSSR count). The Morgan fingerprint density at radius 2 is 2.22 bits per heavy atom. The zero-order valence-electron chi connectivity index (χ0n) is 17.9. The Balaban J connectivity index is 1.53.